The maximum atomic E-state index is 13.3. The van der Waals surface area contributed by atoms with Crippen molar-refractivity contribution in [1.29, 1.82) is 0 Å². The van der Waals surface area contributed by atoms with Crippen LogP contribution in [0.4, 0.5) is 23.4 Å². The summed E-state index contributed by atoms with van der Waals surface area (Å²) >= 11 is 0. The Balaban J connectivity index is 2.76. The second kappa shape index (κ2) is 5.22. The minimum absolute atomic E-state index is 0.0793. The van der Waals surface area contributed by atoms with Gasteiger partial charge in [0.2, 0.25) is 5.82 Å². The monoisotopic (exact) mass is 287 g/mol. The maximum Gasteiger partial charge on any atom is 0.451 e. The second-order valence-corrected chi connectivity index (χ2v) is 4.20. The lowest BCUT2D eigenvalue weighted by atomic mass is 10.2. The van der Waals surface area contributed by atoms with Gasteiger partial charge in [0.05, 0.1) is 5.52 Å². The first kappa shape index (κ1) is 14.5. The summed E-state index contributed by atoms with van der Waals surface area (Å²) in [6, 6.07) is 3.47. The third kappa shape index (κ3) is 2.66. The molecule has 7 heteroatoms. The van der Waals surface area contributed by atoms with Crippen LogP contribution in [0.1, 0.15) is 19.7 Å². The van der Waals surface area contributed by atoms with E-state index in [4.69, 9.17) is 0 Å². The van der Waals surface area contributed by atoms with Crippen LogP contribution < -0.4 is 4.90 Å². The van der Waals surface area contributed by atoms with Crippen molar-refractivity contribution in [2.24, 2.45) is 0 Å². The molecule has 0 aliphatic rings. The van der Waals surface area contributed by atoms with E-state index >= 15 is 0 Å². The molecule has 0 atom stereocenters. The molecule has 1 heterocycles. The average Bonchev–Trinajstić information content (AvgIpc) is 2.39. The van der Waals surface area contributed by atoms with E-state index in [1.54, 1.807) is 18.7 Å². The molecule has 0 amide bonds. The third-order valence-corrected chi connectivity index (χ3v) is 2.95. The van der Waals surface area contributed by atoms with E-state index in [-0.39, 0.29) is 16.7 Å². The zero-order valence-electron chi connectivity index (χ0n) is 11.0. The highest BCUT2D eigenvalue weighted by Crippen LogP contribution is 2.31. The van der Waals surface area contributed by atoms with Crippen LogP contribution >= 0.6 is 0 Å². The number of halogens is 4. The van der Waals surface area contributed by atoms with Gasteiger partial charge in [-0.25, -0.2) is 14.4 Å². The Hall–Kier alpha value is -1.92. The Kier molecular flexibility index (Phi) is 3.78. The van der Waals surface area contributed by atoms with Gasteiger partial charge < -0.3 is 4.90 Å². The summed E-state index contributed by atoms with van der Waals surface area (Å²) in [5, 5.41) is 0.279. The summed E-state index contributed by atoms with van der Waals surface area (Å²) in [4.78, 5) is 8.69. The number of hydrogen-bond acceptors (Lipinski definition) is 3. The van der Waals surface area contributed by atoms with E-state index in [9.17, 15) is 17.6 Å². The standard InChI is InChI=1S/C13H13F4N3/c1-3-20(4-2)11-9-7-8(14)5-6-10(9)18-12(19-11)13(15,16)17/h5-7H,3-4H2,1-2H3. The molecule has 0 saturated heterocycles. The number of fused-ring (bicyclic) bond motifs is 1. The molecule has 0 fully saturated rings. The molecule has 2 rings (SSSR count). The number of hydrogen-bond donors (Lipinski definition) is 0. The zero-order valence-corrected chi connectivity index (χ0v) is 11.0. The van der Waals surface area contributed by atoms with Crippen LogP contribution in [0.3, 0.4) is 0 Å². The van der Waals surface area contributed by atoms with E-state index in [2.05, 4.69) is 9.97 Å². The minimum Gasteiger partial charge on any atom is -0.357 e. The van der Waals surface area contributed by atoms with Crippen molar-refractivity contribution in [2.45, 2.75) is 20.0 Å². The summed E-state index contributed by atoms with van der Waals surface area (Å²) < 4.78 is 51.8. The van der Waals surface area contributed by atoms with Crippen molar-refractivity contribution in [2.75, 3.05) is 18.0 Å². The van der Waals surface area contributed by atoms with Crippen molar-refractivity contribution in [3.8, 4) is 0 Å². The number of benzene rings is 1. The number of nitrogens with zero attached hydrogens (tertiary/aromatic N) is 3. The Morgan fingerprint density at radius 3 is 2.30 bits per heavy atom. The largest absolute Gasteiger partial charge is 0.451 e. The molecular weight excluding hydrogens is 274 g/mol. The molecule has 20 heavy (non-hydrogen) atoms. The van der Waals surface area contributed by atoms with Crippen molar-refractivity contribution >= 4 is 16.7 Å². The van der Waals surface area contributed by atoms with Gasteiger partial charge in [-0.1, -0.05) is 0 Å². The molecule has 0 unspecified atom stereocenters. The summed E-state index contributed by atoms with van der Waals surface area (Å²) in [6.07, 6.45) is -4.63. The van der Waals surface area contributed by atoms with Crippen molar-refractivity contribution in [3.05, 3.63) is 29.8 Å². The molecule has 0 saturated carbocycles. The fourth-order valence-corrected chi connectivity index (χ4v) is 1.98. The van der Waals surface area contributed by atoms with E-state index in [1.807, 2.05) is 0 Å². The quantitative estimate of drug-likeness (QED) is 0.807. The highest BCUT2D eigenvalue weighted by Gasteiger charge is 2.36. The van der Waals surface area contributed by atoms with Crippen LogP contribution in [0.2, 0.25) is 0 Å². The Morgan fingerprint density at radius 2 is 1.75 bits per heavy atom. The SMILES string of the molecule is CCN(CC)c1nc(C(F)(F)F)nc2ccc(F)cc12. The van der Waals surface area contributed by atoms with Crippen LogP contribution in [-0.4, -0.2) is 23.1 Å². The fraction of sp³-hybridized carbons (Fsp3) is 0.385. The molecular formula is C13H13F4N3. The van der Waals surface area contributed by atoms with Gasteiger partial charge in [-0.3, -0.25) is 0 Å². The molecule has 2 aromatic rings. The molecule has 0 radical (unpaired) electrons. The molecule has 0 spiro atoms. The van der Waals surface area contributed by atoms with Crippen LogP contribution in [0.15, 0.2) is 18.2 Å². The van der Waals surface area contributed by atoms with Crippen LogP contribution in [-0.2, 0) is 6.18 Å². The van der Waals surface area contributed by atoms with Crippen molar-refractivity contribution < 1.29 is 17.6 Å². The van der Waals surface area contributed by atoms with E-state index < -0.39 is 17.8 Å². The summed E-state index contributed by atoms with van der Waals surface area (Å²) in [7, 11) is 0. The first-order valence-electron chi connectivity index (χ1n) is 6.16. The Labute approximate surface area is 113 Å². The molecule has 3 nitrogen and oxygen atoms in total. The predicted octanol–water partition coefficient (Wildman–Crippen LogP) is 3.63. The molecule has 0 N–H and O–H groups in total. The highest BCUT2D eigenvalue weighted by molar-refractivity contribution is 5.89. The molecule has 0 aliphatic carbocycles. The minimum atomic E-state index is -4.63. The molecule has 0 aliphatic heterocycles. The average molecular weight is 287 g/mol. The zero-order chi connectivity index (χ0) is 14.9. The van der Waals surface area contributed by atoms with Crippen molar-refractivity contribution in [3.63, 3.8) is 0 Å². The normalized spacial score (nSPS) is 11.9. The number of alkyl halides is 3. The first-order valence-corrected chi connectivity index (χ1v) is 6.16. The number of rotatable bonds is 3. The van der Waals surface area contributed by atoms with Gasteiger partial charge in [-0.2, -0.15) is 13.2 Å². The van der Waals surface area contributed by atoms with E-state index in [0.717, 1.165) is 12.1 Å². The smallest absolute Gasteiger partial charge is 0.357 e. The lowest BCUT2D eigenvalue weighted by Crippen LogP contribution is -2.25. The van der Waals surface area contributed by atoms with E-state index in [0.29, 0.717) is 13.1 Å². The Morgan fingerprint density at radius 1 is 1.10 bits per heavy atom. The summed E-state index contributed by atoms with van der Waals surface area (Å²) in [6.45, 7) is 4.53. The molecule has 108 valence electrons. The summed E-state index contributed by atoms with van der Waals surface area (Å²) in [5.74, 6) is -1.64. The van der Waals surface area contributed by atoms with Gasteiger partial charge in [-0.05, 0) is 32.0 Å². The van der Waals surface area contributed by atoms with Gasteiger partial charge in [0.25, 0.3) is 0 Å². The van der Waals surface area contributed by atoms with Crippen LogP contribution in [0.5, 0.6) is 0 Å². The maximum absolute atomic E-state index is 13.3. The van der Waals surface area contributed by atoms with E-state index in [1.165, 1.54) is 6.07 Å². The molecule has 1 aromatic heterocycles. The molecule has 0 bridgehead atoms. The molecule has 1 aromatic carbocycles. The topological polar surface area (TPSA) is 29.0 Å². The summed E-state index contributed by atoms with van der Waals surface area (Å²) in [5.41, 5.74) is 0.0793. The van der Waals surface area contributed by atoms with Gasteiger partial charge in [0.1, 0.15) is 11.6 Å². The second-order valence-electron chi connectivity index (χ2n) is 4.20. The Bertz CT molecular complexity index is 621. The fourth-order valence-electron chi connectivity index (χ4n) is 1.98. The third-order valence-electron chi connectivity index (χ3n) is 2.95. The van der Waals surface area contributed by atoms with Gasteiger partial charge in [0.15, 0.2) is 0 Å². The van der Waals surface area contributed by atoms with Gasteiger partial charge >= 0.3 is 6.18 Å². The van der Waals surface area contributed by atoms with Crippen LogP contribution in [0, 0.1) is 5.82 Å². The van der Waals surface area contributed by atoms with Crippen LogP contribution in [0.25, 0.3) is 10.9 Å². The first-order chi connectivity index (χ1) is 9.36. The van der Waals surface area contributed by atoms with Gasteiger partial charge in [0, 0.05) is 18.5 Å². The predicted molar refractivity (Wildman–Crippen MR) is 68.1 cm³/mol. The number of aromatic nitrogens is 2. The lowest BCUT2D eigenvalue weighted by Gasteiger charge is -2.22. The van der Waals surface area contributed by atoms with Gasteiger partial charge in [-0.15, -0.1) is 0 Å². The van der Waals surface area contributed by atoms with Crippen molar-refractivity contribution in [1.82, 2.24) is 9.97 Å². The lowest BCUT2D eigenvalue weighted by molar-refractivity contribution is -0.144. The number of anilines is 1. The highest BCUT2D eigenvalue weighted by atomic mass is 19.4.